The molecule has 0 unspecified atom stereocenters. The van der Waals surface area contributed by atoms with E-state index in [0.717, 1.165) is 5.56 Å². The van der Waals surface area contributed by atoms with Gasteiger partial charge in [-0.3, -0.25) is 4.79 Å². The van der Waals surface area contributed by atoms with Crippen LogP contribution >= 0.6 is 31.9 Å². The number of benzene rings is 2. The number of nitrogens with zero attached hydrogens (tertiary/aromatic N) is 2. The molecule has 0 saturated carbocycles. The van der Waals surface area contributed by atoms with Crippen LogP contribution < -0.4 is 5.43 Å². The highest BCUT2D eigenvalue weighted by Crippen LogP contribution is 2.32. The molecule has 3 aromatic rings. The Bertz CT molecular complexity index is 962. The summed E-state index contributed by atoms with van der Waals surface area (Å²) in [6.45, 7) is 1.67. The van der Waals surface area contributed by atoms with E-state index in [2.05, 4.69) is 47.5 Å². The van der Waals surface area contributed by atoms with Crippen LogP contribution in [-0.4, -0.2) is 22.4 Å². The standard InChI is InChI=1S/C18H13Br2N3O3/c1-10-15(16(23-26-10)12-5-3-2-4-6-12)18(25)22-21-9-11-7-13(19)17(24)14(20)8-11/h2-9,24H,1H3,(H,22,25)/b21-9+. The molecule has 8 heteroatoms. The van der Waals surface area contributed by atoms with Crippen molar-refractivity contribution in [3.05, 3.63) is 68.3 Å². The number of amides is 1. The number of hydrogen-bond donors (Lipinski definition) is 2. The van der Waals surface area contributed by atoms with Gasteiger partial charge in [-0.2, -0.15) is 5.10 Å². The molecule has 6 nitrogen and oxygen atoms in total. The summed E-state index contributed by atoms with van der Waals surface area (Å²) in [5, 5.41) is 17.7. The highest BCUT2D eigenvalue weighted by atomic mass is 79.9. The summed E-state index contributed by atoms with van der Waals surface area (Å²) in [4.78, 5) is 12.5. The number of halogens is 2. The molecular formula is C18H13Br2N3O3. The van der Waals surface area contributed by atoms with Gasteiger partial charge in [0.15, 0.2) is 0 Å². The summed E-state index contributed by atoms with van der Waals surface area (Å²) >= 11 is 6.49. The van der Waals surface area contributed by atoms with Crippen LogP contribution in [0.2, 0.25) is 0 Å². The zero-order valence-corrected chi connectivity index (χ0v) is 16.7. The summed E-state index contributed by atoms with van der Waals surface area (Å²) in [5.41, 5.74) is 4.74. The van der Waals surface area contributed by atoms with Gasteiger partial charge >= 0.3 is 0 Å². The van der Waals surface area contributed by atoms with Crippen molar-refractivity contribution < 1.29 is 14.4 Å². The molecule has 132 valence electrons. The lowest BCUT2D eigenvalue weighted by molar-refractivity contribution is 0.0954. The Morgan fingerprint density at radius 2 is 1.88 bits per heavy atom. The Morgan fingerprint density at radius 3 is 2.54 bits per heavy atom. The van der Waals surface area contributed by atoms with Crippen molar-refractivity contribution >= 4 is 44.0 Å². The Labute approximate surface area is 166 Å². The summed E-state index contributed by atoms with van der Waals surface area (Å²) in [7, 11) is 0. The average Bonchev–Trinajstić information content (AvgIpc) is 3.02. The number of aromatic nitrogens is 1. The predicted octanol–water partition coefficient (Wildman–Crippen LogP) is 4.64. The number of aryl methyl sites for hydroxylation is 1. The molecule has 1 aromatic heterocycles. The van der Waals surface area contributed by atoms with Crippen molar-refractivity contribution in [3.8, 4) is 17.0 Å². The van der Waals surface area contributed by atoms with Gasteiger partial charge in [-0.15, -0.1) is 0 Å². The van der Waals surface area contributed by atoms with E-state index in [1.165, 1.54) is 6.21 Å². The monoisotopic (exact) mass is 477 g/mol. The number of nitrogens with one attached hydrogen (secondary N) is 1. The fraction of sp³-hybridized carbons (Fsp3) is 0.0556. The number of rotatable bonds is 4. The van der Waals surface area contributed by atoms with Crippen LogP contribution in [0.3, 0.4) is 0 Å². The molecule has 0 aliphatic carbocycles. The maximum Gasteiger partial charge on any atom is 0.277 e. The van der Waals surface area contributed by atoms with Crippen molar-refractivity contribution in [1.29, 1.82) is 0 Å². The molecule has 2 aromatic carbocycles. The molecule has 1 heterocycles. The normalized spacial score (nSPS) is 11.0. The number of phenolic OH excluding ortho intramolecular Hbond substituents is 1. The van der Waals surface area contributed by atoms with Gasteiger partial charge in [-0.05, 0) is 56.5 Å². The molecule has 0 bridgehead atoms. The quantitative estimate of drug-likeness (QED) is 0.422. The first-order valence-electron chi connectivity index (χ1n) is 7.50. The number of phenols is 1. The molecule has 0 spiro atoms. The molecule has 2 N–H and O–H groups in total. The van der Waals surface area contributed by atoms with Crippen molar-refractivity contribution in [2.24, 2.45) is 5.10 Å². The van der Waals surface area contributed by atoms with E-state index >= 15 is 0 Å². The Balaban J connectivity index is 1.80. The topological polar surface area (TPSA) is 87.7 Å². The fourth-order valence-electron chi connectivity index (χ4n) is 2.31. The highest BCUT2D eigenvalue weighted by molar-refractivity contribution is 9.11. The SMILES string of the molecule is Cc1onc(-c2ccccc2)c1C(=O)N/N=C/c1cc(Br)c(O)c(Br)c1. The Kier molecular flexibility index (Phi) is 5.53. The Morgan fingerprint density at radius 1 is 1.23 bits per heavy atom. The van der Waals surface area contributed by atoms with Gasteiger partial charge in [0, 0.05) is 5.56 Å². The molecule has 0 aliphatic rings. The molecule has 3 rings (SSSR count). The molecule has 0 aliphatic heterocycles. The minimum Gasteiger partial charge on any atom is -0.506 e. The van der Waals surface area contributed by atoms with Crippen molar-refractivity contribution in [1.82, 2.24) is 10.6 Å². The Hall–Kier alpha value is -2.45. The molecule has 0 saturated heterocycles. The van der Waals surface area contributed by atoms with Crippen LogP contribution in [0.4, 0.5) is 0 Å². The van der Waals surface area contributed by atoms with E-state index in [0.29, 0.717) is 31.5 Å². The maximum absolute atomic E-state index is 12.5. The molecule has 26 heavy (non-hydrogen) atoms. The maximum atomic E-state index is 12.5. The van der Waals surface area contributed by atoms with E-state index in [9.17, 15) is 9.90 Å². The lowest BCUT2D eigenvalue weighted by Gasteiger charge is -2.03. The third-order valence-corrected chi connectivity index (χ3v) is 4.76. The minimum absolute atomic E-state index is 0.0961. The number of hydrogen-bond acceptors (Lipinski definition) is 5. The predicted molar refractivity (Wildman–Crippen MR) is 105 cm³/mol. The van der Waals surface area contributed by atoms with Gasteiger partial charge < -0.3 is 9.63 Å². The molecule has 0 atom stereocenters. The third-order valence-electron chi connectivity index (χ3n) is 3.56. The highest BCUT2D eigenvalue weighted by Gasteiger charge is 2.21. The zero-order valence-electron chi connectivity index (χ0n) is 13.5. The van der Waals surface area contributed by atoms with E-state index in [-0.39, 0.29) is 5.75 Å². The lowest BCUT2D eigenvalue weighted by Crippen LogP contribution is -2.18. The summed E-state index contributed by atoms with van der Waals surface area (Å²) < 4.78 is 6.21. The van der Waals surface area contributed by atoms with E-state index < -0.39 is 5.91 Å². The first kappa shape index (κ1) is 18.3. The van der Waals surface area contributed by atoms with Crippen molar-refractivity contribution in [3.63, 3.8) is 0 Å². The summed E-state index contributed by atoms with van der Waals surface area (Å²) in [5.74, 6) is 0.0845. The van der Waals surface area contributed by atoms with Gasteiger partial charge in [0.25, 0.3) is 5.91 Å². The average molecular weight is 479 g/mol. The molecule has 0 fully saturated rings. The summed E-state index contributed by atoms with van der Waals surface area (Å²) in [6, 6.07) is 12.7. The van der Waals surface area contributed by atoms with E-state index in [1.807, 2.05) is 30.3 Å². The first-order valence-corrected chi connectivity index (χ1v) is 9.09. The van der Waals surface area contributed by atoms with Crippen LogP contribution in [0.15, 0.2) is 61.0 Å². The number of hydrazone groups is 1. The van der Waals surface area contributed by atoms with Crippen LogP contribution in [0, 0.1) is 6.92 Å². The second-order valence-corrected chi connectivity index (χ2v) is 7.07. The van der Waals surface area contributed by atoms with Gasteiger partial charge in [0.2, 0.25) is 0 Å². The minimum atomic E-state index is -0.421. The van der Waals surface area contributed by atoms with Gasteiger partial charge in [-0.1, -0.05) is 35.5 Å². The number of carbonyl (C=O) groups is 1. The van der Waals surface area contributed by atoms with Gasteiger partial charge in [0.05, 0.1) is 15.2 Å². The van der Waals surface area contributed by atoms with Crippen molar-refractivity contribution in [2.75, 3.05) is 0 Å². The van der Waals surface area contributed by atoms with Crippen LogP contribution in [0.25, 0.3) is 11.3 Å². The second-order valence-electron chi connectivity index (χ2n) is 5.36. The van der Waals surface area contributed by atoms with Crippen molar-refractivity contribution in [2.45, 2.75) is 6.92 Å². The lowest BCUT2D eigenvalue weighted by atomic mass is 10.1. The molecule has 1 amide bonds. The fourth-order valence-corrected chi connectivity index (χ4v) is 3.54. The van der Waals surface area contributed by atoms with E-state index in [1.54, 1.807) is 19.1 Å². The van der Waals surface area contributed by atoms with Crippen LogP contribution in [0.5, 0.6) is 5.75 Å². The zero-order chi connectivity index (χ0) is 18.7. The van der Waals surface area contributed by atoms with Gasteiger partial charge in [0.1, 0.15) is 22.8 Å². The van der Waals surface area contributed by atoms with E-state index in [4.69, 9.17) is 4.52 Å². The number of aromatic hydroxyl groups is 1. The molecular weight excluding hydrogens is 466 g/mol. The first-order chi connectivity index (χ1) is 12.5. The van der Waals surface area contributed by atoms with Crippen LogP contribution in [0.1, 0.15) is 21.7 Å². The van der Waals surface area contributed by atoms with Crippen LogP contribution in [-0.2, 0) is 0 Å². The largest absolute Gasteiger partial charge is 0.506 e. The smallest absolute Gasteiger partial charge is 0.277 e. The third kappa shape index (κ3) is 3.86. The second kappa shape index (κ2) is 7.84. The summed E-state index contributed by atoms with van der Waals surface area (Å²) in [6.07, 6.45) is 1.47. The molecule has 0 radical (unpaired) electrons. The van der Waals surface area contributed by atoms with Gasteiger partial charge in [-0.25, -0.2) is 5.43 Å². The number of carbonyl (C=O) groups excluding carboxylic acids is 1.